The maximum absolute atomic E-state index is 13.4. The molecule has 1 rings (SSSR count). The van der Waals surface area contributed by atoms with Crippen LogP contribution in [0, 0.1) is 5.82 Å². The summed E-state index contributed by atoms with van der Waals surface area (Å²) in [5, 5.41) is 0. The lowest BCUT2D eigenvalue weighted by molar-refractivity contribution is 0.00677. The largest absolute Gasteiger partial charge is 0.456 e. The lowest BCUT2D eigenvalue weighted by Gasteiger charge is -2.20. The average Bonchev–Trinajstić information content (AvgIpc) is 2.14. The minimum absolute atomic E-state index is 0.0265. The Balaban J connectivity index is 3.04. The molecule has 2 N–H and O–H groups in total. The van der Waals surface area contributed by atoms with Gasteiger partial charge in [-0.2, -0.15) is 0 Å². The highest BCUT2D eigenvalue weighted by Crippen LogP contribution is 2.17. The monoisotopic (exact) mass is 225 g/mol. The molecule has 1 aromatic carbocycles. The third-order valence-corrected chi connectivity index (χ3v) is 1.94. The van der Waals surface area contributed by atoms with Crippen molar-refractivity contribution < 1.29 is 13.9 Å². The van der Waals surface area contributed by atoms with Crippen LogP contribution < -0.4 is 5.73 Å². The van der Waals surface area contributed by atoms with Crippen LogP contribution in [-0.2, 0) is 11.3 Å². The van der Waals surface area contributed by atoms with Crippen molar-refractivity contribution in [3.63, 3.8) is 0 Å². The van der Waals surface area contributed by atoms with Crippen molar-refractivity contribution in [2.24, 2.45) is 5.73 Å². The maximum atomic E-state index is 13.4. The first-order chi connectivity index (χ1) is 7.35. The molecule has 0 radical (unpaired) electrons. The molecule has 0 amide bonds. The fraction of sp³-hybridized carbons (Fsp3) is 0.417. The van der Waals surface area contributed by atoms with Crippen LogP contribution in [0.25, 0.3) is 0 Å². The average molecular weight is 225 g/mol. The van der Waals surface area contributed by atoms with Gasteiger partial charge in [0.05, 0.1) is 5.56 Å². The van der Waals surface area contributed by atoms with E-state index in [0.29, 0.717) is 0 Å². The molecule has 0 saturated carbocycles. The summed E-state index contributed by atoms with van der Waals surface area (Å²) < 4.78 is 18.5. The zero-order valence-corrected chi connectivity index (χ0v) is 9.71. The Kier molecular flexibility index (Phi) is 3.65. The first kappa shape index (κ1) is 12.6. The van der Waals surface area contributed by atoms with Crippen LogP contribution in [0.4, 0.5) is 4.39 Å². The topological polar surface area (TPSA) is 52.3 Å². The summed E-state index contributed by atoms with van der Waals surface area (Å²) in [7, 11) is 0. The van der Waals surface area contributed by atoms with Gasteiger partial charge >= 0.3 is 5.97 Å². The van der Waals surface area contributed by atoms with E-state index in [-0.39, 0.29) is 17.7 Å². The summed E-state index contributed by atoms with van der Waals surface area (Å²) in [5.41, 5.74) is 5.19. The van der Waals surface area contributed by atoms with Crippen molar-refractivity contribution in [1.82, 2.24) is 0 Å². The number of esters is 1. The van der Waals surface area contributed by atoms with Gasteiger partial charge in [-0.3, -0.25) is 0 Å². The molecule has 0 fully saturated rings. The summed E-state index contributed by atoms with van der Waals surface area (Å²) in [6.45, 7) is 5.24. The molecule has 0 aromatic heterocycles. The highest BCUT2D eigenvalue weighted by atomic mass is 19.1. The fourth-order valence-corrected chi connectivity index (χ4v) is 1.29. The van der Waals surface area contributed by atoms with Gasteiger partial charge in [0, 0.05) is 12.1 Å². The third-order valence-electron chi connectivity index (χ3n) is 1.94. The number of rotatable bonds is 2. The Morgan fingerprint density at radius 3 is 2.56 bits per heavy atom. The summed E-state index contributed by atoms with van der Waals surface area (Å²) >= 11 is 0. The van der Waals surface area contributed by atoms with Crippen LogP contribution in [0.1, 0.15) is 36.7 Å². The predicted molar refractivity (Wildman–Crippen MR) is 59.5 cm³/mol. The number of carbonyl (C=O) groups is 1. The number of nitrogens with two attached hydrogens (primary N) is 1. The second-order valence-electron chi connectivity index (χ2n) is 4.47. The number of hydrogen-bond acceptors (Lipinski definition) is 3. The highest BCUT2D eigenvalue weighted by molar-refractivity contribution is 5.91. The van der Waals surface area contributed by atoms with E-state index in [1.807, 2.05) is 0 Å². The smallest absolute Gasteiger partial charge is 0.339 e. The fourth-order valence-electron chi connectivity index (χ4n) is 1.29. The Morgan fingerprint density at radius 1 is 1.44 bits per heavy atom. The summed E-state index contributed by atoms with van der Waals surface area (Å²) in [5.74, 6) is -1.03. The van der Waals surface area contributed by atoms with Crippen LogP contribution in [0.5, 0.6) is 0 Å². The van der Waals surface area contributed by atoms with Crippen molar-refractivity contribution in [1.29, 1.82) is 0 Å². The second-order valence-corrected chi connectivity index (χ2v) is 4.47. The van der Waals surface area contributed by atoms with Crippen LogP contribution >= 0.6 is 0 Å². The number of carbonyl (C=O) groups excluding carboxylic acids is 1. The zero-order valence-electron chi connectivity index (χ0n) is 9.71. The molecule has 0 saturated heterocycles. The normalized spacial score (nSPS) is 11.3. The van der Waals surface area contributed by atoms with Crippen LogP contribution in [0.15, 0.2) is 18.2 Å². The van der Waals surface area contributed by atoms with Crippen molar-refractivity contribution in [3.05, 3.63) is 35.1 Å². The molecule has 0 bridgehead atoms. The minimum atomic E-state index is -0.602. The van der Waals surface area contributed by atoms with Gasteiger partial charge in [0.1, 0.15) is 11.4 Å². The molecule has 1 aromatic rings. The Hall–Kier alpha value is -1.42. The van der Waals surface area contributed by atoms with Gasteiger partial charge in [0.15, 0.2) is 0 Å². The molecule has 16 heavy (non-hydrogen) atoms. The van der Waals surface area contributed by atoms with Gasteiger partial charge in [0.2, 0.25) is 0 Å². The van der Waals surface area contributed by atoms with E-state index < -0.39 is 17.4 Å². The molecule has 3 nitrogen and oxygen atoms in total. The van der Waals surface area contributed by atoms with Gasteiger partial charge in [-0.15, -0.1) is 0 Å². The maximum Gasteiger partial charge on any atom is 0.339 e. The molecule has 0 aliphatic heterocycles. The van der Waals surface area contributed by atoms with E-state index >= 15 is 0 Å². The van der Waals surface area contributed by atoms with Gasteiger partial charge in [-0.1, -0.05) is 6.07 Å². The molecule has 0 heterocycles. The molecule has 0 spiro atoms. The second kappa shape index (κ2) is 4.61. The van der Waals surface area contributed by atoms with Crippen LogP contribution in [0.3, 0.4) is 0 Å². The Labute approximate surface area is 94.4 Å². The van der Waals surface area contributed by atoms with Crippen molar-refractivity contribution in [2.75, 3.05) is 0 Å². The summed E-state index contributed by atoms with van der Waals surface area (Å²) in [6, 6.07) is 4.25. The number of halogens is 1. The van der Waals surface area contributed by atoms with E-state index in [2.05, 4.69) is 0 Å². The SMILES string of the molecule is CC(C)(C)OC(=O)c1cccc(F)c1CN. The van der Waals surface area contributed by atoms with Gasteiger partial charge in [0.25, 0.3) is 0 Å². The van der Waals surface area contributed by atoms with E-state index in [1.165, 1.54) is 18.2 Å². The third kappa shape index (κ3) is 3.03. The van der Waals surface area contributed by atoms with Crippen molar-refractivity contribution in [3.8, 4) is 0 Å². The molecular weight excluding hydrogens is 209 g/mol. The van der Waals surface area contributed by atoms with E-state index in [4.69, 9.17) is 10.5 Å². The van der Waals surface area contributed by atoms with E-state index in [1.54, 1.807) is 20.8 Å². The van der Waals surface area contributed by atoms with Gasteiger partial charge in [-0.05, 0) is 32.9 Å². The van der Waals surface area contributed by atoms with Crippen LogP contribution in [0.2, 0.25) is 0 Å². The predicted octanol–water partition coefficient (Wildman–Crippen LogP) is 2.24. The van der Waals surface area contributed by atoms with E-state index in [0.717, 1.165) is 0 Å². The highest BCUT2D eigenvalue weighted by Gasteiger charge is 2.21. The summed E-state index contributed by atoms with van der Waals surface area (Å²) in [6.07, 6.45) is 0. The molecule has 0 unspecified atom stereocenters. The lowest BCUT2D eigenvalue weighted by Crippen LogP contribution is -2.25. The number of benzene rings is 1. The zero-order chi connectivity index (χ0) is 12.3. The van der Waals surface area contributed by atoms with Crippen molar-refractivity contribution in [2.45, 2.75) is 32.9 Å². The molecule has 0 aliphatic carbocycles. The number of ether oxygens (including phenoxy) is 1. The van der Waals surface area contributed by atoms with Crippen LogP contribution in [-0.4, -0.2) is 11.6 Å². The van der Waals surface area contributed by atoms with Gasteiger partial charge in [-0.25, -0.2) is 9.18 Å². The summed E-state index contributed by atoms with van der Waals surface area (Å²) in [4.78, 5) is 11.7. The Bertz CT molecular complexity index is 396. The minimum Gasteiger partial charge on any atom is -0.456 e. The Morgan fingerprint density at radius 2 is 2.06 bits per heavy atom. The molecular formula is C12H16FNO2. The van der Waals surface area contributed by atoms with E-state index in [9.17, 15) is 9.18 Å². The lowest BCUT2D eigenvalue weighted by atomic mass is 10.1. The molecule has 88 valence electrons. The van der Waals surface area contributed by atoms with Gasteiger partial charge < -0.3 is 10.5 Å². The molecule has 4 heteroatoms. The van der Waals surface area contributed by atoms with Crippen molar-refractivity contribution >= 4 is 5.97 Å². The number of hydrogen-bond donors (Lipinski definition) is 1. The first-order valence-electron chi connectivity index (χ1n) is 5.06. The standard InChI is InChI=1S/C12H16FNO2/c1-12(2,3)16-11(15)8-5-4-6-10(13)9(8)7-14/h4-6H,7,14H2,1-3H3. The quantitative estimate of drug-likeness (QED) is 0.785. The molecule has 0 aliphatic rings. The first-order valence-corrected chi connectivity index (χ1v) is 5.06. The molecule has 0 atom stereocenters.